The fraction of sp³-hybridized carbons (Fsp3) is 0.727. The van der Waals surface area contributed by atoms with Crippen LogP contribution in [0.4, 0.5) is 0 Å². The van der Waals surface area contributed by atoms with Gasteiger partial charge < -0.3 is 4.74 Å². The molecular formula is C22H33NO3S. The van der Waals surface area contributed by atoms with Crippen LogP contribution in [0.1, 0.15) is 65.2 Å². The zero-order valence-electron chi connectivity index (χ0n) is 16.7. The minimum Gasteiger partial charge on any atom is -0.358 e. The summed E-state index contributed by atoms with van der Waals surface area (Å²) >= 11 is 0. The van der Waals surface area contributed by atoms with Crippen LogP contribution in [0.3, 0.4) is 0 Å². The van der Waals surface area contributed by atoms with Gasteiger partial charge in [0.1, 0.15) is 5.72 Å². The molecule has 0 amide bonds. The Balaban J connectivity index is 1.65. The number of nitrogens with zero attached hydrogens (tertiary/aromatic N) is 1. The smallest absolute Gasteiger partial charge is 0.179 e. The highest BCUT2D eigenvalue weighted by Gasteiger charge is 2.61. The molecule has 0 radical (unpaired) electrons. The Hall–Kier alpha value is -0.910. The van der Waals surface area contributed by atoms with Crippen molar-refractivity contribution in [1.29, 1.82) is 0 Å². The molecular weight excluding hydrogens is 358 g/mol. The molecule has 0 unspecified atom stereocenters. The zero-order valence-corrected chi connectivity index (χ0v) is 17.5. The molecule has 3 fully saturated rings. The van der Waals surface area contributed by atoms with Crippen LogP contribution in [-0.2, 0) is 14.6 Å². The molecule has 1 aromatic rings. The van der Waals surface area contributed by atoms with Gasteiger partial charge in [0.15, 0.2) is 9.84 Å². The van der Waals surface area contributed by atoms with Gasteiger partial charge in [0.25, 0.3) is 0 Å². The summed E-state index contributed by atoms with van der Waals surface area (Å²) in [5.41, 5.74) is -0.192. The van der Waals surface area contributed by atoms with E-state index in [1.807, 2.05) is 18.2 Å². The van der Waals surface area contributed by atoms with Crippen molar-refractivity contribution in [2.45, 2.75) is 87.4 Å². The fourth-order valence-electron chi connectivity index (χ4n) is 5.96. The highest BCUT2D eigenvalue weighted by atomic mass is 32.2. The number of hydrogen-bond acceptors (Lipinski definition) is 4. The quantitative estimate of drug-likeness (QED) is 0.746. The molecule has 27 heavy (non-hydrogen) atoms. The van der Waals surface area contributed by atoms with Crippen molar-refractivity contribution in [1.82, 2.24) is 4.90 Å². The summed E-state index contributed by atoms with van der Waals surface area (Å²) in [5, 5.41) is 0. The van der Waals surface area contributed by atoms with E-state index in [1.54, 1.807) is 12.1 Å². The maximum atomic E-state index is 13.1. The van der Waals surface area contributed by atoms with E-state index in [0.29, 0.717) is 10.8 Å². The van der Waals surface area contributed by atoms with Crippen molar-refractivity contribution >= 4 is 9.84 Å². The van der Waals surface area contributed by atoms with Crippen LogP contribution in [0.2, 0.25) is 0 Å². The molecule has 0 bridgehead atoms. The minimum absolute atomic E-state index is 0.0301. The number of sulfone groups is 1. The van der Waals surface area contributed by atoms with Crippen molar-refractivity contribution < 1.29 is 13.2 Å². The van der Waals surface area contributed by atoms with Gasteiger partial charge in [0.05, 0.1) is 17.3 Å². The van der Waals surface area contributed by atoms with Crippen molar-refractivity contribution in [3.05, 3.63) is 30.3 Å². The average Bonchev–Trinajstić information content (AvgIpc) is 3.13. The van der Waals surface area contributed by atoms with Crippen LogP contribution in [0, 0.1) is 5.92 Å². The molecule has 3 aliphatic rings. The molecule has 4 rings (SSSR count). The molecule has 2 heterocycles. The van der Waals surface area contributed by atoms with Crippen LogP contribution >= 0.6 is 0 Å². The molecule has 2 saturated heterocycles. The second-order valence-electron chi connectivity index (χ2n) is 9.27. The van der Waals surface area contributed by atoms with E-state index in [-0.39, 0.29) is 23.1 Å². The maximum absolute atomic E-state index is 13.1. The minimum atomic E-state index is -3.29. The van der Waals surface area contributed by atoms with Gasteiger partial charge in [0.2, 0.25) is 0 Å². The second kappa shape index (κ2) is 7.16. The van der Waals surface area contributed by atoms with Gasteiger partial charge in [-0.3, -0.25) is 4.90 Å². The summed E-state index contributed by atoms with van der Waals surface area (Å²) in [6, 6.07) is 9.01. The summed E-state index contributed by atoms with van der Waals surface area (Å²) < 4.78 is 32.7. The predicted octanol–water partition coefficient (Wildman–Crippen LogP) is 4.40. The lowest BCUT2D eigenvalue weighted by molar-refractivity contribution is -0.122. The number of benzene rings is 1. The van der Waals surface area contributed by atoms with E-state index in [9.17, 15) is 8.42 Å². The van der Waals surface area contributed by atoms with E-state index >= 15 is 0 Å². The van der Waals surface area contributed by atoms with E-state index in [0.717, 1.165) is 38.7 Å². The Kier molecular flexibility index (Phi) is 5.15. The SMILES string of the molecule is CC(C)C[C@]12CC[C@H](CS(=O)(=O)c3ccccc3)N1C1(CCCCC1)OC2. The van der Waals surface area contributed by atoms with Crippen LogP contribution < -0.4 is 0 Å². The van der Waals surface area contributed by atoms with Gasteiger partial charge in [-0.2, -0.15) is 0 Å². The number of hydrogen-bond donors (Lipinski definition) is 0. The molecule has 0 N–H and O–H groups in total. The molecule has 150 valence electrons. The second-order valence-corrected chi connectivity index (χ2v) is 11.3. The first kappa shape index (κ1) is 19.4. The van der Waals surface area contributed by atoms with Crippen LogP contribution in [0.15, 0.2) is 35.2 Å². The predicted molar refractivity (Wildman–Crippen MR) is 107 cm³/mol. The summed E-state index contributed by atoms with van der Waals surface area (Å²) in [4.78, 5) is 3.02. The van der Waals surface area contributed by atoms with Gasteiger partial charge in [-0.05, 0) is 63.0 Å². The first-order chi connectivity index (χ1) is 12.9. The standard InChI is InChI=1S/C22H33NO3S/c1-18(2)15-21-14-11-19(16-27(24,25)20-9-5-3-6-10-20)23(21)22(26-17-21)12-7-4-8-13-22/h3,5-6,9-10,18-19H,4,7-8,11-17H2,1-2H3/t19-,21+/m1/s1. The molecule has 1 aromatic carbocycles. The summed E-state index contributed by atoms with van der Waals surface area (Å²) in [6.45, 7) is 5.31. The van der Waals surface area contributed by atoms with Gasteiger partial charge in [-0.15, -0.1) is 0 Å². The summed E-state index contributed by atoms with van der Waals surface area (Å²) in [7, 11) is -3.29. The fourth-order valence-corrected chi connectivity index (χ4v) is 7.55. The molecule has 1 aliphatic carbocycles. The Morgan fingerprint density at radius 3 is 2.48 bits per heavy atom. The van der Waals surface area contributed by atoms with Crippen LogP contribution in [0.5, 0.6) is 0 Å². The van der Waals surface area contributed by atoms with Gasteiger partial charge in [-0.1, -0.05) is 38.5 Å². The van der Waals surface area contributed by atoms with Gasteiger partial charge in [0, 0.05) is 11.6 Å². The molecule has 1 saturated carbocycles. The maximum Gasteiger partial charge on any atom is 0.179 e. The third-order valence-corrected chi connectivity index (χ3v) is 8.62. The lowest BCUT2D eigenvalue weighted by Gasteiger charge is -2.46. The third-order valence-electron chi connectivity index (χ3n) is 6.80. The molecule has 1 spiro atoms. The number of fused-ring (bicyclic) bond motifs is 2. The Morgan fingerprint density at radius 2 is 1.81 bits per heavy atom. The highest BCUT2D eigenvalue weighted by Crippen LogP contribution is 2.54. The Labute approximate surface area is 164 Å². The van der Waals surface area contributed by atoms with Gasteiger partial charge >= 0.3 is 0 Å². The third kappa shape index (κ3) is 3.47. The molecule has 2 aliphatic heterocycles. The molecule has 5 heteroatoms. The van der Waals surface area contributed by atoms with Crippen molar-refractivity contribution in [2.24, 2.45) is 5.92 Å². The first-order valence-corrected chi connectivity index (χ1v) is 12.2. The highest BCUT2D eigenvalue weighted by molar-refractivity contribution is 7.91. The summed E-state index contributed by atoms with van der Waals surface area (Å²) in [6.07, 6.45) is 8.85. The largest absolute Gasteiger partial charge is 0.358 e. The average molecular weight is 392 g/mol. The normalized spacial score (nSPS) is 30.9. The van der Waals surface area contributed by atoms with Crippen LogP contribution in [-0.4, -0.2) is 43.0 Å². The topological polar surface area (TPSA) is 46.6 Å². The van der Waals surface area contributed by atoms with Crippen molar-refractivity contribution in [3.8, 4) is 0 Å². The van der Waals surface area contributed by atoms with E-state index in [2.05, 4.69) is 18.7 Å². The van der Waals surface area contributed by atoms with E-state index < -0.39 is 9.84 Å². The van der Waals surface area contributed by atoms with E-state index in [1.165, 1.54) is 19.3 Å². The zero-order chi connectivity index (χ0) is 19.1. The molecule has 0 aromatic heterocycles. The first-order valence-electron chi connectivity index (χ1n) is 10.6. The van der Waals surface area contributed by atoms with Gasteiger partial charge in [-0.25, -0.2) is 8.42 Å². The lowest BCUT2D eigenvalue weighted by atomic mass is 9.85. The van der Waals surface area contributed by atoms with Crippen LogP contribution in [0.25, 0.3) is 0 Å². The molecule has 4 nitrogen and oxygen atoms in total. The Bertz CT molecular complexity index is 755. The lowest BCUT2D eigenvalue weighted by Crippen LogP contribution is -2.57. The van der Waals surface area contributed by atoms with E-state index in [4.69, 9.17) is 4.74 Å². The number of ether oxygens (including phenoxy) is 1. The van der Waals surface area contributed by atoms with Crippen molar-refractivity contribution in [3.63, 3.8) is 0 Å². The van der Waals surface area contributed by atoms with Crippen molar-refractivity contribution in [2.75, 3.05) is 12.4 Å². The summed E-state index contributed by atoms with van der Waals surface area (Å²) in [5.74, 6) is 0.793. The number of rotatable bonds is 5. The monoisotopic (exact) mass is 391 g/mol. The molecule has 2 atom stereocenters. The Morgan fingerprint density at radius 1 is 1.11 bits per heavy atom.